The van der Waals surface area contributed by atoms with E-state index < -0.39 is 5.82 Å². The molecule has 1 amide bonds. The maximum atomic E-state index is 13.2. The molecular formula is C24H32ClFN2O2. The van der Waals surface area contributed by atoms with Gasteiger partial charge in [0, 0.05) is 23.4 Å². The van der Waals surface area contributed by atoms with Gasteiger partial charge in [-0.1, -0.05) is 11.6 Å². The van der Waals surface area contributed by atoms with Gasteiger partial charge in [-0.05, 0) is 102 Å². The smallest absolute Gasteiger partial charge is 0.223 e. The van der Waals surface area contributed by atoms with Crippen LogP contribution >= 0.6 is 11.6 Å². The van der Waals surface area contributed by atoms with E-state index in [9.17, 15) is 14.0 Å². The lowest BCUT2D eigenvalue weighted by Crippen LogP contribution is -2.40. The Morgan fingerprint density at radius 3 is 2.33 bits per heavy atom. The second-order valence-corrected chi connectivity index (χ2v) is 9.80. The summed E-state index contributed by atoms with van der Waals surface area (Å²) in [6.45, 7) is 2.95. The highest BCUT2D eigenvalue weighted by Gasteiger charge is 2.32. The normalized spacial score (nSPS) is 25.8. The fourth-order valence-electron chi connectivity index (χ4n) is 4.95. The molecule has 0 aromatic heterocycles. The molecule has 0 unspecified atom stereocenters. The number of piperidine rings is 1. The quantitative estimate of drug-likeness (QED) is 0.624. The Bertz CT molecular complexity index is 766. The molecule has 1 N–H and O–H groups in total. The molecule has 30 heavy (non-hydrogen) atoms. The molecule has 4 nitrogen and oxygen atoms in total. The molecule has 1 aromatic rings. The highest BCUT2D eigenvalue weighted by molar-refractivity contribution is 6.34. The van der Waals surface area contributed by atoms with Crippen LogP contribution in [0.2, 0.25) is 5.02 Å². The summed E-state index contributed by atoms with van der Waals surface area (Å²) in [7, 11) is 0. The van der Waals surface area contributed by atoms with E-state index in [0.29, 0.717) is 17.5 Å². The van der Waals surface area contributed by atoms with Crippen molar-refractivity contribution in [3.63, 3.8) is 0 Å². The van der Waals surface area contributed by atoms with Gasteiger partial charge < -0.3 is 10.2 Å². The number of Topliss-reactive ketones (excluding diaryl/α,β-unsaturated/α-hetero) is 1. The maximum Gasteiger partial charge on any atom is 0.223 e. The molecule has 2 aliphatic carbocycles. The number of carbonyl (C=O) groups excluding carboxylic acids is 2. The number of amides is 1. The van der Waals surface area contributed by atoms with Gasteiger partial charge in [0.05, 0.1) is 5.02 Å². The summed E-state index contributed by atoms with van der Waals surface area (Å²) < 4.78 is 13.2. The Hall–Kier alpha value is -1.46. The number of ketones is 1. The van der Waals surface area contributed by atoms with Crippen LogP contribution in [0.1, 0.15) is 68.1 Å². The van der Waals surface area contributed by atoms with Crippen molar-refractivity contribution >= 4 is 23.3 Å². The first-order valence-electron chi connectivity index (χ1n) is 11.5. The third kappa shape index (κ3) is 5.61. The van der Waals surface area contributed by atoms with Crippen LogP contribution in [0, 0.1) is 23.6 Å². The first-order chi connectivity index (χ1) is 14.5. The van der Waals surface area contributed by atoms with Crippen molar-refractivity contribution in [3.05, 3.63) is 34.6 Å². The lowest BCUT2D eigenvalue weighted by atomic mass is 9.83. The van der Waals surface area contributed by atoms with Crippen LogP contribution in [0.15, 0.2) is 18.2 Å². The van der Waals surface area contributed by atoms with Crippen LogP contribution in [-0.2, 0) is 4.79 Å². The van der Waals surface area contributed by atoms with Crippen molar-refractivity contribution in [2.45, 2.75) is 63.8 Å². The largest absolute Gasteiger partial charge is 0.353 e. The molecule has 6 heteroatoms. The number of likely N-dealkylation sites (tertiary alicyclic amines) is 1. The average Bonchev–Trinajstić information content (AvgIpc) is 3.59. The van der Waals surface area contributed by atoms with E-state index >= 15 is 0 Å². The van der Waals surface area contributed by atoms with Crippen molar-refractivity contribution in [1.82, 2.24) is 10.2 Å². The number of nitrogens with zero attached hydrogens (tertiary/aromatic N) is 1. The van der Waals surface area contributed by atoms with Crippen LogP contribution in [0.5, 0.6) is 0 Å². The van der Waals surface area contributed by atoms with E-state index in [2.05, 4.69) is 10.2 Å². The Morgan fingerprint density at radius 2 is 1.70 bits per heavy atom. The van der Waals surface area contributed by atoms with Gasteiger partial charge in [-0.25, -0.2) is 4.39 Å². The molecule has 0 atom stereocenters. The molecule has 1 aliphatic heterocycles. The Balaban J connectivity index is 1.15. The second-order valence-electron chi connectivity index (χ2n) is 9.39. The number of hydrogen-bond donors (Lipinski definition) is 1. The number of rotatable bonds is 7. The van der Waals surface area contributed by atoms with Crippen LogP contribution in [0.3, 0.4) is 0 Å². The molecule has 4 rings (SSSR count). The number of hydrogen-bond acceptors (Lipinski definition) is 3. The molecule has 1 heterocycles. The van der Waals surface area contributed by atoms with Crippen LogP contribution in [0.25, 0.3) is 0 Å². The van der Waals surface area contributed by atoms with Gasteiger partial charge in [0.25, 0.3) is 0 Å². The van der Waals surface area contributed by atoms with Crippen LogP contribution in [-0.4, -0.2) is 42.3 Å². The standard InChI is InChI=1S/C24H32ClFN2O2/c25-22-15-19(26)5-8-21(22)23(29)17-10-13-28(14-11-17)12-9-16-1-6-20(7-2-16)27-24(30)18-3-4-18/h5,8,15-18,20H,1-4,6-7,9-14H2,(H,27,30). The van der Waals surface area contributed by atoms with E-state index in [1.54, 1.807) is 0 Å². The van der Waals surface area contributed by atoms with Crippen LogP contribution in [0.4, 0.5) is 4.39 Å². The minimum atomic E-state index is -0.411. The third-order valence-corrected chi connectivity index (χ3v) is 7.46. The van der Waals surface area contributed by atoms with Gasteiger partial charge in [0.1, 0.15) is 5.82 Å². The number of nitrogens with one attached hydrogen (secondary N) is 1. The molecule has 3 aliphatic rings. The molecule has 2 saturated carbocycles. The first-order valence-corrected chi connectivity index (χ1v) is 11.9. The van der Waals surface area contributed by atoms with Gasteiger partial charge >= 0.3 is 0 Å². The molecule has 0 spiro atoms. The monoisotopic (exact) mass is 434 g/mol. The molecule has 0 radical (unpaired) electrons. The van der Waals surface area contributed by atoms with E-state index in [1.807, 2.05) is 0 Å². The first kappa shape index (κ1) is 21.8. The van der Waals surface area contributed by atoms with E-state index in [4.69, 9.17) is 11.6 Å². The van der Waals surface area contributed by atoms with Gasteiger partial charge in [-0.15, -0.1) is 0 Å². The van der Waals surface area contributed by atoms with E-state index in [-0.39, 0.29) is 22.6 Å². The predicted molar refractivity (Wildman–Crippen MR) is 116 cm³/mol. The number of halogens is 2. The fourth-order valence-corrected chi connectivity index (χ4v) is 5.21. The SMILES string of the molecule is O=C(NC1CCC(CCN2CCC(C(=O)c3ccc(F)cc3Cl)CC2)CC1)C1CC1. The maximum absolute atomic E-state index is 13.2. The van der Waals surface area contributed by atoms with E-state index in [0.717, 1.165) is 64.1 Å². The van der Waals surface area contributed by atoms with Crippen molar-refractivity contribution in [2.24, 2.45) is 17.8 Å². The van der Waals surface area contributed by atoms with Crippen LogP contribution < -0.4 is 5.32 Å². The lowest BCUT2D eigenvalue weighted by molar-refractivity contribution is -0.123. The summed E-state index contributed by atoms with van der Waals surface area (Å²) in [5.41, 5.74) is 0.446. The Labute approximate surface area is 183 Å². The van der Waals surface area contributed by atoms with Crippen molar-refractivity contribution < 1.29 is 14.0 Å². The zero-order valence-corrected chi connectivity index (χ0v) is 18.3. The van der Waals surface area contributed by atoms with Crippen molar-refractivity contribution in [2.75, 3.05) is 19.6 Å². The van der Waals surface area contributed by atoms with Gasteiger partial charge in [-0.3, -0.25) is 9.59 Å². The molecule has 3 fully saturated rings. The predicted octanol–water partition coefficient (Wildman–Crippen LogP) is 4.85. The third-order valence-electron chi connectivity index (χ3n) is 7.15. The van der Waals surface area contributed by atoms with E-state index in [1.165, 1.54) is 37.5 Å². The number of carbonyl (C=O) groups is 2. The Kier molecular flexibility index (Phi) is 7.09. The molecular weight excluding hydrogens is 403 g/mol. The van der Waals surface area contributed by atoms with Gasteiger partial charge in [0.15, 0.2) is 5.78 Å². The molecule has 1 saturated heterocycles. The zero-order chi connectivity index (χ0) is 21.1. The summed E-state index contributed by atoms with van der Waals surface area (Å²) in [5.74, 6) is 0.942. The summed E-state index contributed by atoms with van der Waals surface area (Å²) in [6, 6.07) is 4.42. The van der Waals surface area contributed by atoms with Crippen molar-refractivity contribution in [1.29, 1.82) is 0 Å². The highest BCUT2D eigenvalue weighted by atomic mass is 35.5. The minimum absolute atomic E-state index is 0.0188. The topological polar surface area (TPSA) is 49.4 Å². The number of benzene rings is 1. The summed E-state index contributed by atoms with van der Waals surface area (Å²) in [5, 5.41) is 3.45. The summed E-state index contributed by atoms with van der Waals surface area (Å²) >= 11 is 6.07. The molecule has 164 valence electrons. The molecule has 0 bridgehead atoms. The summed E-state index contributed by atoms with van der Waals surface area (Å²) in [4.78, 5) is 27.1. The van der Waals surface area contributed by atoms with Crippen molar-refractivity contribution in [3.8, 4) is 0 Å². The molecule has 1 aromatic carbocycles. The fraction of sp³-hybridized carbons (Fsp3) is 0.667. The summed E-state index contributed by atoms with van der Waals surface area (Å²) in [6.07, 6.45) is 9.64. The average molecular weight is 435 g/mol. The minimum Gasteiger partial charge on any atom is -0.353 e. The zero-order valence-electron chi connectivity index (χ0n) is 17.5. The van der Waals surface area contributed by atoms with Gasteiger partial charge in [0.2, 0.25) is 5.91 Å². The Morgan fingerprint density at radius 1 is 1.00 bits per heavy atom. The lowest BCUT2D eigenvalue weighted by Gasteiger charge is -2.34. The second kappa shape index (κ2) is 9.78. The highest BCUT2D eigenvalue weighted by Crippen LogP contribution is 2.32. The van der Waals surface area contributed by atoms with Gasteiger partial charge in [-0.2, -0.15) is 0 Å².